The van der Waals surface area contributed by atoms with E-state index in [0.29, 0.717) is 6.54 Å². The number of rotatable bonds is 2. The second kappa shape index (κ2) is 6.66. The molecule has 27 heavy (non-hydrogen) atoms. The Balaban J connectivity index is 1.24. The number of piperidine rings is 1. The van der Waals surface area contributed by atoms with E-state index >= 15 is 0 Å². The summed E-state index contributed by atoms with van der Waals surface area (Å²) < 4.78 is 6.35. The van der Waals surface area contributed by atoms with Crippen molar-refractivity contribution in [3.05, 3.63) is 53.2 Å². The van der Waals surface area contributed by atoms with Crippen molar-refractivity contribution < 1.29 is 9.84 Å². The second-order valence-electron chi connectivity index (χ2n) is 7.98. The van der Waals surface area contributed by atoms with Gasteiger partial charge in [-0.25, -0.2) is 4.98 Å². The van der Waals surface area contributed by atoms with Crippen molar-refractivity contribution in [2.75, 3.05) is 31.1 Å². The van der Waals surface area contributed by atoms with E-state index in [2.05, 4.69) is 14.8 Å². The number of β-amino-alcohol motifs (C(OH)–C–C–N with tert-alkyl or cyclic N) is 1. The Morgan fingerprint density at radius 3 is 2.78 bits per heavy atom. The van der Waals surface area contributed by atoms with Gasteiger partial charge in [0.2, 0.25) is 0 Å². The molecule has 2 atom stereocenters. The van der Waals surface area contributed by atoms with Crippen molar-refractivity contribution in [2.24, 2.45) is 0 Å². The summed E-state index contributed by atoms with van der Waals surface area (Å²) in [5, 5.41) is 11.4. The number of aliphatic hydroxyl groups is 1. The first-order chi connectivity index (χ1) is 13.1. The molecule has 2 fully saturated rings. The number of fused-ring (bicyclic) bond motifs is 1. The third-order valence-corrected chi connectivity index (χ3v) is 6.51. The quantitative estimate of drug-likeness (QED) is 0.861. The molecule has 0 saturated carbocycles. The number of benzene rings is 1. The third-order valence-electron chi connectivity index (χ3n) is 6.27. The van der Waals surface area contributed by atoms with Crippen LogP contribution in [0.25, 0.3) is 0 Å². The van der Waals surface area contributed by atoms with Crippen LogP contribution in [0.5, 0.6) is 5.75 Å². The van der Waals surface area contributed by atoms with E-state index in [4.69, 9.17) is 16.3 Å². The van der Waals surface area contributed by atoms with Crippen LogP contribution in [0.3, 0.4) is 0 Å². The molecule has 142 valence electrons. The van der Waals surface area contributed by atoms with Crippen LogP contribution in [0, 0.1) is 0 Å². The van der Waals surface area contributed by atoms with Gasteiger partial charge in [0.15, 0.2) is 0 Å². The molecule has 1 aromatic heterocycles. The second-order valence-corrected chi connectivity index (χ2v) is 8.41. The fraction of sp³-hybridized carbons (Fsp3) is 0.476. The van der Waals surface area contributed by atoms with Gasteiger partial charge in [-0.05, 0) is 35.9 Å². The zero-order valence-electron chi connectivity index (χ0n) is 15.2. The average molecular weight is 386 g/mol. The predicted octanol–water partition coefficient (Wildman–Crippen LogP) is 2.75. The van der Waals surface area contributed by atoms with E-state index < -0.39 is 0 Å². The molecule has 5 rings (SSSR count). The number of aliphatic hydroxyl groups excluding tert-OH is 1. The highest BCUT2D eigenvalue weighted by Gasteiger charge is 2.45. The number of hydrogen-bond acceptors (Lipinski definition) is 5. The molecule has 5 nitrogen and oxygen atoms in total. The Hall–Kier alpha value is -1.82. The van der Waals surface area contributed by atoms with Crippen LogP contribution in [-0.4, -0.2) is 58.9 Å². The standard InChI is InChI=1S/C21H24ClN3O2/c22-16-4-5-19-15(11-16)12-21(27-19)6-9-24(10-7-21)17-13-25(14-18(17)26)20-3-1-2-8-23-20/h1-5,8,11,17-18,26H,6-7,9-10,12-14H2/t17?,18-/m1/s1. The van der Waals surface area contributed by atoms with Crippen molar-refractivity contribution in [3.8, 4) is 5.75 Å². The first-order valence-corrected chi connectivity index (χ1v) is 10.1. The van der Waals surface area contributed by atoms with Crippen LogP contribution >= 0.6 is 11.6 Å². The molecule has 0 radical (unpaired) electrons. The maximum Gasteiger partial charge on any atom is 0.128 e. The SMILES string of the molecule is O[C@@H]1CN(c2ccccn2)CC1N1CCC2(CC1)Cc1cc(Cl)ccc1O2. The minimum Gasteiger partial charge on any atom is -0.487 e. The molecular formula is C21H24ClN3O2. The van der Waals surface area contributed by atoms with Crippen molar-refractivity contribution in [2.45, 2.75) is 37.0 Å². The van der Waals surface area contributed by atoms with Gasteiger partial charge in [0, 0.05) is 56.7 Å². The molecule has 2 saturated heterocycles. The summed E-state index contributed by atoms with van der Waals surface area (Å²) in [7, 11) is 0. The van der Waals surface area contributed by atoms with Crippen molar-refractivity contribution >= 4 is 17.4 Å². The van der Waals surface area contributed by atoms with Gasteiger partial charge in [-0.1, -0.05) is 17.7 Å². The predicted molar refractivity (Wildman–Crippen MR) is 106 cm³/mol. The Morgan fingerprint density at radius 1 is 1.15 bits per heavy atom. The minimum atomic E-state index is -0.346. The van der Waals surface area contributed by atoms with Gasteiger partial charge in [-0.3, -0.25) is 4.90 Å². The van der Waals surface area contributed by atoms with E-state index in [1.165, 1.54) is 5.56 Å². The lowest BCUT2D eigenvalue weighted by Crippen LogP contribution is -2.53. The first-order valence-electron chi connectivity index (χ1n) is 9.67. The summed E-state index contributed by atoms with van der Waals surface area (Å²) in [6, 6.07) is 12.0. The Morgan fingerprint density at radius 2 is 2.00 bits per heavy atom. The number of likely N-dealkylation sites (tertiary alicyclic amines) is 1. The molecule has 0 bridgehead atoms. The highest BCUT2D eigenvalue weighted by atomic mass is 35.5. The first kappa shape index (κ1) is 17.3. The van der Waals surface area contributed by atoms with Crippen LogP contribution in [0.4, 0.5) is 5.82 Å². The van der Waals surface area contributed by atoms with E-state index in [-0.39, 0.29) is 17.7 Å². The van der Waals surface area contributed by atoms with Gasteiger partial charge in [0.1, 0.15) is 17.2 Å². The number of ether oxygens (including phenoxy) is 1. The molecule has 3 aliphatic rings. The molecule has 1 spiro atoms. The normalized spacial score (nSPS) is 27.0. The third kappa shape index (κ3) is 3.18. The number of aromatic nitrogens is 1. The fourth-order valence-electron chi connectivity index (χ4n) is 4.80. The molecule has 0 aliphatic carbocycles. The fourth-order valence-corrected chi connectivity index (χ4v) is 5.00. The van der Waals surface area contributed by atoms with Gasteiger partial charge >= 0.3 is 0 Å². The summed E-state index contributed by atoms with van der Waals surface area (Å²) in [4.78, 5) is 9.04. The van der Waals surface area contributed by atoms with Gasteiger partial charge in [0.25, 0.3) is 0 Å². The van der Waals surface area contributed by atoms with Crippen molar-refractivity contribution in [3.63, 3.8) is 0 Å². The lowest BCUT2D eigenvalue weighted by Gasteiger charge is -2.41. The maximum atomic E-state index is 10.6. The number of pyridine rings is 1. The monoisotopic (exact) mass is 385 g/mol. The van der Waals surface area contributed by atoms with Crippen LogP contribution in [0.2, 0.25) is 5.02 Å². The number of anilines is 1. The van der Waals surface area contributed by atoms with E-state index in [0.717, 1.165) is 55.5 Å². The van der Waals surface area contributed by atoms with Crippen LogP contribution in [0.15, 0.2) is 42.6 Å². The molecular weight excluding hydrogens is 362 g/mol. The Labute approximate surface area is 164 Å². The smallest absolute Gasteiger partial charge is 0.128 e. The summed E-state index contributed by atoms with van der Waals surface area (Å²) in [5.74, 6) is 1.93. The molecule has 1 aromatic carbocycles. The highest BCUT2D eigenvalue weighted by Crippen LogP contribution is 2.42. The molecule has 2 aromatic rings. The molecule has 4 heterocycles. The largest absolute Gasteiger partial charge is 0.487 e. The molecule has 3 aliphatic heterocycles. The van der Waals surface area contributed by atoms with Crippen molar-refractivity contribution in [1.82, 2.24) is 9.88 Å². The van der Waals surface area contributed by atoms with E-state index in [9.17, 15) is 5.11 Å². The van der Waals surface area contributed by atoms with Crippen molar-refractivity contribution in [1.29, 1.82) is 0 Å². The summed E-state index contributed by atoms with van der Waals surface area (Å²) >= 11 is 6.14. The highest BCUT2D eigenvalue weighted by molar-refractivity contribution is 6.30. The zero-order chi connectivity index (χ0) is 18.4. The van der Waals surface area contributed by atoms with Gasteiger partial charge in [-0.2, -0.15) is 0 Å². The van der Waals surface area contributed by atoms with Crippen LogP contribution in [0.1, 0.15) is 18.4 Å². The van der Waals surface area contributed by atoms with Gasteiger partial charge < -0.3 is 14.7 Å². The molecule has 0 amide bonds. The average Bonchev–Trinajstić information content (AvgIpc) is 3.23. The van der Waals surface area contributed by atoms with Gasteiger partial charge in [-0.15, -0.1) is 0 Å². The lowest BCUT2D eigenvalue weighted by molar-refractivity contribution is -0.0107. The lowest BCUT2D eigenvalue weighted by atomic mass is 9.86. The van der Waals surface area contributed by atoms with Crippen LogP contribution in [-0.2, 0) is 6.42 Å². The van der Waals surface area contributed by atoms with Gasteiger partial charge in [0.05, 0.1) is 12.1 Å². The summed E-state index contributed by atoms with van der Waals surface area (Å²) in [6.45, 7) is 3.35. The zero-order valence-corrected chi connectivity index (χ0v) is 16.0. The molecule has 1 unspecified atom stereocenters. The number of nitrogens with zero attached hydrogens (tertiary/aromatic N) is 3. The minimum absolute atomic E-state index is 0.103. The topological polar surface area (TPSA) is 48.8 Å². The maximum absolute atomic E-state index is 10.6. The Kier molecular flexibility index (Phi) is 4.26. The van der Waals surface area contributed by atoms with E-state index in [1.807, 2.05) is 36.4 Å². The summed E-state index contributed by atoms with van der Waals surface area (Å²) in [5.41, 5.74) is 1.12. The van der Waals surface area contributed by atoms with E-state index in [1.54, 1.807) is 6.20 Å². The summed E-state index contributed by atoms with van der Waals surface area (Å²) in [6.07, 6.45) is 4.35. The van der Waals surface area contributed by atoms with Crippen LogP contribution < -0.4 is 9.64 Å². The number of hydrogen-bond donors (Lipinski definition) is 1. The number of halogens is 1. The molecule has 1 N–H and O–H groups in total. The molecule has 6 heteroatoms. The Bertz CT molecular complexity index is 823.